The maximum Gasteiger partial charge on any atom is 0.234 e. The molecular formula is C27H44N2O5S. The van der Waals surface area contributed by atoms with Gasteiger partial charge in [-0.3, -0.25) is 9.59 Å². The highest BCUT2D eigenvalue weighted by Crippen LogP contribution is 2.68. The molecule has 0 heterocycles. The van der Waals surface area contributed by atoms with Gasteiger partial charge in [0.05, 0.1) is 12.5 Å². The Morgan fingerprint density at radius 3 is 2.40 bits per heavy atom. The number of nitrogens with two attached hydrogens (primary N) is 1. The fraction of sp³-hybridized carbons (Fsp3) is 0.889. The molecule has 4 N–H and O–H groups in total. The van der Waals surface area contributed by atoms with E-state index in [0.717, 1.165) is 30.6 Å². The molecule has 0 radical (unpaired) electrons. The fourth-order valence-corrected chi connectivity index (χ4v) is 9.75. The van der Waals surface area contributed by atoms with Gasteiger partial charge in [-0.25, -0.2) is 0 Å². The highest BCUT2D eigenvalue weighted by Gasteiger charge is 2.60. The van der Waals surface area contributed by atoms with E-state index in [1.165, 1.54) is 44.9 Å². The predicted octanol–water partition coefficient (Wildman–Crippen LogP) is 3.42. The third-order valence-corrected chi connectivity index (χ3v) is 11.7. The summed E-state index contributed by atoms with van der Waals surface area (Å²) in [4.78, 5) is 23.2. The van der Waals surface area contributed by atoms with Crippen molar-refractivity contribution in [2.45, 2.75) is 104 Å². The number of hydrogen-bond donors (Lipinski definition) is 3. The van der Waals surface area contributed by atoms with E-state index in [2.05, 4.69) is 26.1 Å². The standard InChI is InChI=1S/C27H44N2O5S/c1-16(4-9-24(32)29-25(35(33)34)15-23(28)31)20-7-8-21-19-6-5-17-14-18(30)10-12-26(17,2)22(19)11-13-27(20,21)3/h16-22,30H,4-15H2,1-3H3,(H2,28,31)(H,29,32)/t16-,17-,18+,19+,20-,21+,22+,26+,27-/m1/s1. The van der Waals surface area contributed by atoms with Gasteiger partial charge in [0.2, 0.25) is 22.1 Å². The third kappa shape index (κ3) is 5.07. The molecule has 2 amide bonds. The number of fused-ring (bicyclic) bond motifs is 5. The molecule has 0 saturated heterocycles. The van der Waals surface area contributed by atoms with Crippen LogP contribution in [-0.2, 0) is 19.9 Å². The average molecular weight is 509 g/mol. The van der Waals surface area contributed by atoms with Gasteiger partial charge in [-0.2, -0.15) is 8.42 Å². The largest absolute Gasteiger partial charge is 0.393 e. The first-order valence-electron chi connectivity index (χ1n) is 13.7. The lowest BCUT2D eigenvalue weighted by atomic mass is 9.44. The van der Waals surface area contributed by atoms with Crippen LogP contribution in [0.15, 0.2) is 0 Å². The van der Waals surface area contributed by atoms with Gasteiger partial charge in [0, 0.05) is 6.42 Å². The molecule has 0 aromatic heterocycles. The van der Waals surface area contributed by atoms with Gasteiger partial charge in [-0.05, 0) is 111 Å². The van der Waals surface area contributed by atoms with Crippen molar-refractivity contribution in [1.29, 1.82) is 0 Å². The zero-order valence-electron chi connectivity index (χ0n) is 21.6. The number of carbonyl (C=O) groups excluding carboxylic acids is 2. The Morgan fingerprint density at radius 1 is 1.03 bits per heavy atom. The van der Waals surface area contributed by atoms with Crippen LogP contribution < -0.4 is 11.1 Å². The minimum Gasteiger partial charge on any atom is -0.393 e. The molecule has 35 heavy (non-hydrogen) atoms. The first kappa shape index (κ1) is 26.6. The van der Waals surface area contributed by atoms with E-state index in [1.807, 2.05) is 0 Å². The highest BCUT2D eigenvalue weighted by atomic mass is 32.2. The summed E-state index contributed by atoms with van der Waals surface area (Å²) in [7, 11) is -2.67. The zero-order chi connectivity index (χ0) is 25.5. The topological polar surface area (TPSA) is 127 Å². The van der Waals surface area contributed by atoms with Gasteiger partial charge in [-0.15, -0.1) is 0 Å². The lowest BCUT2D eigenvalue weighted by Gasteiger charge is -2.61. The van der Waals surface area contributed by atoms with Crippen molar-refractivity contribution in [3.05, 3.63) is 0 Å². The first-order chi connectivity index (χ1) is 16.5. The number of aliphatic hydroxyl groups is 1. The zero-order valence-corrected chi connectivity index (χ0v) is 22.4. The van der Waals surface area contributed by atoms with Crippen molar-refractivity contribution in [3.63, 3.8) is 0 Å². The Balaban J connectivity index is 1.38. The Bertz CT molecular complexity index is 972. The van der Waals surface area contributed by atoms with Crippen LogP contribution in [0.1, 0.15) is 97.8 Å². The average Bonchev–Trinajstić information content (AvgIpc) is 3.14. The summed E-state index contributed by atoms with van der Waals surface area (Å²) in [6, 6.07) is 0. The Labute approximate surface area is 211 Å². The van der Waals surface area contributed by atoms with Crippen LogP contribution in [0.5, 0.6) is 0 Å². The highest BCUT2D eigenvalue weighted by molar-refractivity contribution is 7.73. The van der Waals surface area contributed by atoms with Gasteiger partial charge < -0.3 is 16.2 Å². The quantitative estimate of drug-likeness (QED) is 0.474. The van der Waals surface area contributed by atoms with Gasteiger partial charge in [0.15, 0.2) is 0 Å². The maximum absolute atomic E-state index is 12.4. The molecule has 4 saturated carbocycles. The monoisotopic (exact) mass is 508 g/mol. The molecule has 0 aliphatic heterocycles. The van der Waals surface area contributed by atoms with E-state index >= 15 is 0 Å². The molecule has 0 aromatic rings. The fourth-order valence-electron chi connectivity index (χ4n) is 9.29. The molecule has 198 valence electrons. The number of nitrogens with one attached hydrogen (secondary N) is 1. The van der Waals surface area contributed by atoms with E-state index in [4.69, 9.17) is 5.73 Å². The minimum absolute atomic E-state index is 0.106. The number of primary amides is 1. The lowest BCUT2D eigenvalue weighted by molar-refractivity contribution is -0.129. The van der Waals surface area contributed by atoms with Crippen LogP contribution in [0.2, 0.25) is 0 Å². The molecule has 4 aliphatic carbocycles. The number of carbonyl (C=O) groups is 2. The van der Waals surface area contributed by atoms with Crippen LogP contribution in [0.4, 0.5) is 0 Å². The second-order valence-corrected chi connectivity index (χ2v) is 13.6. The van der Waals surface area contributed by atoms with Gasteiger partial charge >= 0.3 is 0 Å². The van der Waals surface area contributed by atoms with Gasteiger partial charge in [0.25, 0.3) is 0 Å². The summed E-state index contributed by atoms with van der Waals surface area (Å²) in [5.41, 5.74) is 5.77. The third-order valence-electron chi connectivity index (χ3n) is 11.0. The second kappa shape index (κ2) is 10.2. The normalized spacial score (nSPS) is 41.1. The molecule has 4 aliphatic rings. The lowest BCUT2D eigenvalue weighted by Crippen LogP contribution is -2.54. The van der Waals surface area contributed by atoms with Gasteiger partial charge in [0.1, 0.15) is 4.99 Å². The van der Waals surface area contributed by atoms with Crippen molar-refractivity contribution in [3.8, 4) is 0 Å². The first-order valence-corrected chi connectivity index (χ1v) is 14.7. The smallest absolute Gasteiger partial charge is 0.234 e. The predicted molar refractivity (Wildman–Crippen MR) is 136 cm³/mol. The van der Waals surface area contributed by atoms with Crippen molar-refractivity contribution in [2.75, 3.05) is 0 Å². The number of amides is 2. The van der Waals surface area contributed by atoms with E-state index < -0.39 is 22.6 Å². The molecule has 0 spiro atoms. The summed E-state index contributed by atoms with van der Waals surface area (Å²) in [5, 5.41) is 12.6. The van der Waals surface area contributed by atoms with Crippen molar-refractivity contribution < 1.29 is 23.1 Å². The summed E-state index contributed by atoms with van der Waals surface area (Å²) in [6.45, 7) is 7.27. The Hall–Kier alpha value is -1.41. The van der Waals surface area contributed by atoms with Gasteiger partial charge in [-0.1, -0.05) is 20.8 Å². The van der Waals surface area contributed by atoms with Crippen molar-refractivity contribution in [1.82, 2.24) is 5.32 Å². The van der Waals surface area contributed by atoms with Crippen LogP contribution >= 0.6 is 0 Å². The van der Waals surface area contributed by atoms with Crippen LogP contribution in [0, 0.1) is 46.3 Å². The van der Waals surface area contributed by atoms with Crippen molar-refractivity contribution in [2.24, 2.45) is 52.1 Å². The number of rotatable bonds is 6. The SMILES string of the molecule is C[C@H](CCC(=O)NC(CC(N)=O)=S(=O)=O)[C@H]1CC[C@H]2[C@@H]3CC[C@@H]4C[C@@H](O)CC[C@]4(C)[C@H]3CC[C@]12C. The Kier molecular flexibility index (Phi) is 7.73. The van der Waals surface area contributed by atoms with E-state index in [9.17, 15) is 23.1 Å². The van der Waals surface area contributed by atoms with E-state index in [-0.39, 0.29) is 23.4 Å². The molecule has 9 atom stereocenters. The molecule has 0 unspecified atom stereocenters. The Morgan fingerprint density at radius 2 is 1.71 bits per heavy atom. The molecule has 4 fully saturated rings. The van der Waals surface area contributed by atoms with Crippen LogP contribution in [0.25, 0.3) is 0 Å². The van der Waals surface area contributed by atoms with Crippen LogP contribution in [-0.4, -0.2) is 36.4 Å². The maximum atomic E-state index is 12.4. The summed E-state index contributed by atoms with van der Waals surface area (Å²) >= 11 is 0. The summed E-state index contributed by atoms with van der Waals surface area (Å²) in [6.07, 6.45) is 11.0. The molecular weight excluding hydrogens is 464 g/mol. The summed E-state index contributed by atoms with van der Waals surface area (Å²) in [5.74, 6) is 2.76. The molecule has 4 rings (SSSR count). The molecule has 7 nitrogen and oxygen atoms in total. The number of hydrogen-bond acceptors (Lipinski definition) is 5. The summed E-state index contributed by atoms with van der Waals surface area (Å²) < 4.78 is 22.6. The molecule has 8 heteroatoms. The van der Waals surface area contributed by atoms with E-state index in [0.29, 0.717) is 35.0 Å². The number of aliphatic hydroxyl groups excluding tert-OH is 1. The second-order valence-electron chi connectivity index (χ2n) is 12.7. The minimum atomic E-state index is -2.67. The van der Waals surface area contributed by atoms with E-state index in [1.54, 1.807) is 0 Å². The molecule has 0 aromatic carbocycles. The molecule has 0 bridgehead atoms. The van der Waals surface area contributed by atoms with Crippen molar-refractivity contribution >= 4 is 27.1 Å². The van der Waals surface area contributed by atoms with Crippen LogP contribution in [0.3, 0.4) is 0 Å².